The van der Waals surface area contributed by atoms with Gasteiger partial charge in [-0.2, -0.15) is 0 Å². The molecule has 1 rings (SSSR count). The Balaban J connectivity index is 2.61. The van der Waals surface area contributed by atoms with Crippen molar-refractivity contribution >= 4 is 28.6 Å². The lowest BCUT2D eigenvalue weighted by atomic mass is 9.91. The van der Waals surface area contributed by atoms with Crippen molar-refractivity contribution in [3.63, 3.8) is 0 Å². The fourth-order valence-electron chi connectivity index (χ4n) is 1.41. The molecule has 0 amide bonds. The summed E-state index contributed by atoms with van der Waals surface area (Å²) in [5, 5.41) is 0. The number of carbonyl (C=O) groups is 1. The van der Waals surface area contributed by atoms with Crippen molar-refractivity contribution in [1.82, 2.24) is 0 Å². The van der Waals surface area contributed by atoms with E-state index in [4.69, 9.17) is 4.74 Å². The molecule has 68 valence electrons. The van der Waals surface area contributed by atoms with Crippen LogP contribution in [0.2, 0.25) is 0 Å². The van der Waals surface area contributed by atoms with Crippen molar-refractivity contribution in [2.75, 3.05) is 4.43 Å². The number of allylic oxidation sites excluding steroid dienone is 1. The molecule has 3 heteroatoms. The maximum Gasteiger partial charge on any atom is 0.303 e. The van der Waals surface area contributed by atoms with Crippen molar-refractivity contribution in [2.45, 2.75) is 31.8 Å². The number of alkyl halides is 1. The summed E-state index contributed by atoms with van der Waals surface area (Å²) in [5.74, 6) is -0.165. The molecule has 0 saturated carbocycles. The maximum atomic E-state index is 10.8. The van der Waals surface area contributed by atoms with Gasteiger partial charge in [0.25, 0.3) is 0 Å². The zero-order chi connectivity index (χ0) is 9.03. The standard InChI is InChI=1S/C9H13IO2/c1-8(11)12-9(7-10)5-3-2-4-6-9/h2-3H,4-7H2,1H3/t9-/m0/s1. The number of rotatable bonds is 2. The first kappa shape index (κ1) is 10.0. The first-order valence-electron chi connectivity index (χ1n) is 4.09. The molecule has 0 N–H and O–H groups in total. The summed E-state index contributed by atoms with van der Waals surface area (Å²) in [7, 11) is 0. The van der Waals surface area contributed by atoms with E-state index in [1.54, 1.807) is 0 Å². The normalized spacial score (nSPS) is 28.5. The quantitative estimate of drug-likeness (QED) is 0.336. The van der Waals surface area contributed by atoms with Gasteiger partial charge in [0.15, 0.2) is 0 Å². The van der Waals surface area contributed by atoms with Crippen LogP contribution in [0.1, 0.15) is 26.2 Å². The molecule has 1 aliphatic carbocycles. The minimum Gasteiger partial charge on any atom is -0.458 e. The Labute approximate surface area is 86.5 Å². The summed E-state index contributed by atoms with van der Waals surface area (Å²) in [4.78, 5) is 10.8. The highest BCUT2D eigenvalue weighted by Crippen LogP contribution is 2.29. The van der Waals surface area contributed by atoms with Crippen LogP contribution in [0.25, 0.3) is 0 Å². The zero-order valence-electron chi connectivity index (χ0n) is 7.18. The molecule has 0 fully saturated rings. The Kier molecular flexibility index (Phi) is 3.55. The second-order valence-corrected chi connectivity index (χ2v) is 3.89. The zero-order valence-corrected chi connectivity index (χ0v) is 9.34. The fraction of sp³-hybridized carbons (Fsp3) is 0.667. The number of carbonyl (C=O) groups excluding carboxylic acids is 1. The van der Waals surface area contributed by atoms with E-state index in [0.29, 0.717) is 0 Å². The Morgan fingerprint density at radius 2 is 2.42 bits per heavy atom. The number of esters is 1. The van der Waals surface area contributed by atoms with Gasteiger partial charge in [-0.25, -0.2) is 0 Å². The van der Waals surface area contributed by atoms with Crippen LogP contribution in [-0.2, 0) is 9.53 Å². The van der Waals surface area contributed by atoms with Crippen LogP contribution in [0.3, 0.4) is 0 Å². The highest BCUT2D eigenvalue weighted by atomic mass is 127. The van der Waals surface area contributed by atoms with Gasteiger partial charge in [-0.3, -0.25) is 4.79 Å². The summed E-state index contributed by atoms with van der Waals surface area (Å²) in [6, 6.07) is 0. The lowest BCUT2D eigenvalue weighted by molar-refractivity contribution is -0.155. The molecule has 0 heterocycles. The van der Waals surface area contributed by atoms with Gasteiger partial charge >= 0.3 is 5.97 Å². The van der Waals surface area contributed by atoms with Gasteiger partial charge in [0.1, 0.15) is 5.60 Å². The number of ether oxygens (including phenoxy) is 1. The highest BCUT2D eigenvalue weighted by molar-refractivity contribution is 14.1. The summed E-state index contributed by atoms with van der Waals surface area (Å²) < 4.78 is 6.21. The predicted octanol–water partition coefficient (Wildman–Crippen LogP) is 2.46. The molecule has 12 heavy (non-hydrogen) atoms. The van der Waals surface area contributed by atoms with E-state index in [-0.39, 0.29) is 11.6 Å². The lowest BCUT2D eigenvalue weighted by Crippen LogP contribution is -2.37. The van der Waals surface area contributed by atoms with E-state index in [0.717, 1.165) is 23.7 Å². The third-order valence-corrected chi connectivity index (χ3v) is 3.42. The third-order valence-electron chi connectivity index (χ3n) is 2.03. The van der Waals surface area contributed by atoms with Gasteiger partial charge in [-0.15, -0.1) is 0 Å². The van der Waals surface area contributed by atoms with Crippen LogP contribution in [0.15, 0.2) is 12.2 Å². The van der Waals surface area contributed by atoms with Gasteiger partial charge < -0.3 is 4.74 Å². The van der Waals surface area contributed by atoms with Crippen LogP contribution in [-0.4, -0.2) is 16.0 Å². The molecule has 0 radical (unpaired) electrons. The third kappa shape index (κ3) is 2.47. The van der Waals surface area contributed by atoms with Crippen molar-refractivity contribution in [3.8, 4) is 0 Å². The summed E-state index contributed by atoms with van der Waals surface area (Å²) in [6.45, 7) is 1.48. The molecule has 1 aliphatic rings. The average Bonchev–Trinajstić information content (AvgIpc) is 2.05. The van der Waals surface area contributed by atoms with Gasteiger partial charge in [0.2, 0.25) is 0 Å². The molecule has 0 bridgehead atoms. The average molecular weight is 280 g/mol. The van der Waals surface area contributed by atoms with Crippen LogP contribution >= 0.6 is 22.6 Å². The second kappa shape index (κ2) is 4.25. The van der Waals surface area contributed by atoms with Crippen LogP contribution in [0.4, 0.5) is 0 Å². The Morgan fingerprint density at radius 3 is 2.83 bits per heavy atom. The van der Waals surface area contributed by atoms with Gasteiger partial charge in [0.05, 0.1) is 0 Å². The van der Waals surface area contributed by atoms with E-state index in [1.807, 2.05) is 0 Å². The number of halogens is 1. The summed E-state index contributed by atoms with van der Waals surface area (Å²) in [6.07, 6.45) is 7.11. The second-order valence-electron chi connectivity index (χ2n) is 3.12. The Hall–Kier alpha value is -0.0600. The van der Waals surface area contributed by atoms with E-state index in [1.165, 1.54) is 6.92 Å². The summed E-state index contributed by atoms with van der Waals surface area (Å²) >= 11 is 2.28. The Morgan fingerprint density at radius 1 is 1.67 bits per heavy atom. The molecule has 0 saturated heterocycles. The fourth-order valence-corrected chi connectivity index (χ4v) is 2.26. The lowest BCUT2D eigenvalue weighted by Gasteiger charge is -2.32. The molecule has 0 spiro atoms. The van der Waals surface area contributed by atoms with Gasteiger partial charge in [-0.05, 0) is 12.8 Å². The SMILES string of the molecule is CC(=O)O[C@@]1(CI)CC=CCC1. The van der Waals surface area contributed by atoms with Crippen molar-refractivity contribution < 1.29 is 9.53 Å². The first-order valence-corrected chi connectivity index (χ1v) is 5.62. The molecule has 0 aromatic heterocycles. The van der Waals surface area contributed by atoms with E-state index in [2.05, 4.69) is 34.7 Å². The van der Waals surface area contributed by atoms with Gasteiger partial charge in [0, 0.05) is 17.8 Å². The summed E-state index contributed by atoms with van der Waals surface area (Å²) in [5.41, 5.74) is -0.207. The molecular formula is C9H13IO2. The van der Waals surface area contributed by atoms with Crippen molar-refractivity contribution in [1.29, 1.82) is 0 Å². The molecule has 0 aromatic carbocycles. The molecule has 0 aromatic rings. The van der Waals surface area contributed by atoms with Crippen LogP contribution in [0, 0.1) is 0 Å². The largest absolute Gasteiger partial charge is 0.458 e. The van der Waals surface area contributed by atoms with Gasteiger partial charge in [-0.1, -0.05) is 34.7 Å². The molecule has 0 unspecified atom stereocenters. The molecule has 2 nitrogen and oxygen atoms in total. The molecule has 1 atom stereocenters. The Bertz CT molecular complexity index is 201. The van der Waals surface area contributed by atoms with Crippen LogP contribution < -0.4 is 0 Å². The van der Waals surface area contributed by atoms with E-state index < -0.39 is 0 Å². The van der Waals surface area contributed by atoms with E-state index in [9.17, 15) is 4.79 Å². The van der Waals surface area contributed by atoms with Crippen molar-refractivity contribution in [2.24, 2.45) is 0 Å². The number of hydrogen-bond acceptors (Lipinski definition) is 2. The highest BCUT2D eigenvalue weighted by Gasteiger charge is 2.31. The van der Waals surface area contributed by atoms with Crippen molar-refractivity contribution in [3.05, 3.63) is 12.2 Å². The molecule has 0 aliphatic heterocycles. The molecular weight excluding hydrogens is 267 g/mol. The predicted molar refractivity (Wildman–Crippen MR) is 56.4 cm³/mol. The topological polar surface area (TPSA) is 26.3 Å². The van der Waals surface area contributed by atoms with Crippen LogP contribution in [0.5, 0.6) is 0 Å². The minimum atomic E-state index is -0.207. The monoisotopic (exact) mass is 280 g/mol. The maximum absolute atomic E-state index is 10.8. The minimum absolute atomic E-state index is 0.165. The number of hydrogen-bond donors (Lipinski definition) is 0. The smallest absolute Gasteiger partial charge is 0.303 e. The first-order chi connectivity index (χ1) is 5.68. The van der Waals surface area contributed by atoms with E-state index >= 15 is 0 Å².